The summed E-state index contributed by atoms with van der Waals surface area (Å²) in [6.45, 7) is 2.59. The maximum Gasteiger partial charge on any atom is 0.269 e. The molecule has 1 amide bonds. The molecule has 2 rings (SSSR count). The second-order valence-corrected chi connectivity index (χ2v) is 4.32. The van der Waals surface area contributed by atoms with E-state index in [4.69, 9.17) is 0 Å². The average Bonchev–Trinajstić information content (AvgIpc) is 2.45. The lowest BCUT2D eigenvalue weighted by Gasteiger charge is -2.08. The van der Waals surface area contributed by atoms with Gasteiger partial charge in [0.15, 0.2) is 0 Å². The normalized spacial score (nSPS) is 10.1. The van der Waals surface area contributed by atoms with Crippen LogP contribution in [0.1, 0.15) is 23.8 Å². The molecule has 0 aliphatic heterocycles. The van der Waals surface area contributed by atoms with Gasteiger partial charge < -0.3 is 10.6 Å². The Morgan fingerprint density at radius 1 is 1.25 bits per heavy atom. The van der Waals surface area contributed by atoms with Crippen molar-refractivity contribution < 1.29 is 9.18 Å². The van der Waals surface area contributed by atoms with Crippen molar-refractivity contribution in [3.05, 3.63) is 54.1 Å². The minimum Gasteiger partial charge on any atom is -0.355 e. The molecule has 1 aromatic heterocycles. The zero-order valence-electron chi connectivity index (χ0n) is 11.2. The minimum atomic E-state index is -0.315. The number of nitrogens with one attached hydrogen (secondary N) is 2. The number of aromatic nitrogens is 1. The summed E-state index contributed by atoms with van der Waals surface area (Å²) < 4.78 is 13.1. The van der Waals surface area contributed by atoms with Gasteiger partial charge in [0.1, 0.15) is 11.5 Å². The molecule has 0 bridgehead atoms. The predicted octanol–water partition coefficient (Wildman–Crippen LogP) is 3.10. The standard InChI is InChI=1S/C15H16FN3O/c1-2-7-18-15(20)14-10-13(6-8-17-14)19-12-5-3-4-11(16)9-12/h3-6,8-10H,2,7H2,1H3,(H,17,19)(H,18,20). The van der Waals surface area contributed by atoms with Crippen molar-refractivity contribution in [1.82, 2.24) is 10.3 Å². The second-order valence-electron chi connectivity index (χ2n) is 4.32. The minimum absolute atomic E-state index is 0.213. The number of anilines is 2. The van der Waals surface area contributed by atoms with Crippen LogP contribution < -0.4 is 10.6 Å². The number of hydrogen-bond acceptors (Lipinski definition) is 3. The maximum absolute atomic E-state index is 13.1. The molecule has 4 nitrogen and oxygen atoms in total. The Labute approximate surface area is 117 Å². The van der Waals surface area contributed by atoms with E-state index < -0.39 is 0 Å². The highest BCUT2D eigenvalue weighted by molar-refractivity contribution is 5.93. The largest absolute Gasteiger partial charge is 0.355 e. The molecule has 0 unspecified atom stereocenters. The number of hydrogen-bond donors (Lipinski definition) is 2. The molecule has 0 radical (unpaired) electrons. The summed E-state index contributed by atoms with van der Waals surface area (Å²) in [5.74, 6) is -0.528. The highest BCUT2D eigenvalue weighted by atomic mass is 19.1. The van der Waals surface area contributed by atoms with Gasteiger partial charge in [-0.25, -0.2) is 4.39 Å². The topological polar surface area (TPSA) is 54.0 Å². The maximum atomic E-state index is 13.1. The highest BCUT2D eigenvalue weighted by Gasteiger charge is 2.07. The molecule has 20 heavy (non-hydrogen) atoms. The number of amides is 1. The Morgan fingerprint density at radius 3 is 2.80 bits per heavy atom. The van der Waals surface area contributed by atoms with Gasteiger partial charge in [0.2, 0.25) is 0 Å². The molecule has 5 heteroatoms. The van der Waals surface area contributed by atoms with Crippen LogP contribution in [0.2, 0.25) is 0 Å². The third-order valence-electron chi connectivity index (χ3n) is 2.64. The molecule has 0 aliphatic carbocycles. The lowest BCUT2D eigenvalue weighted by atomic mass is 10.2. The molecule has 0 spiro atoms. The first-order valence-corrected chi connectivity index (χ1v) is 6.46. The fourth-order valence-electron chi connectivity index (χ4n) is 1.69. The van der Waals surface area contributed by atoms with E-state index in [-0.39, 0.29) is 11.7 Å². The van der Waals surface area contributed by atoms with E-state index in [1.807, 2.05) is 6.92 Å². The van der Waals surface area contributed by atoms with Crippen LogP contribution in [0, 0.1) is 5.82 Å². The van der Waals surface area contributed by atoms with Crippen molar-refractivity contribution in [2.75, 3.05) is 11.9 Å². The first-order valence-electron chi connectivity index (χ1n) is 6.46. The van der Waals surface area contributed by atoms with Gasteiger partial charge in [0.25, 0.3) is 5.91 Å². The summed E-state index contributed by atoms with van der Waals surface area (Å²) >= 11 is 0. The molecule has 0 saturated carbocycles. The molecule has 2 aromatic rings. The van der Waals surface area contributed by atoms with E-state index in [9.17, 15) is 9.18 Å². The van der Waals surface area contributed by atoms with Gasteiger partial charge in [0, 0.05) is 24.1 Å². The monoisotopic (exact) mass is 273 g/mol. The molecular formula is C15H16FN3O. The van der Waals surface area contributed by atoms with Crippen LogP contribution in [0.25, 0.3) is 0 Å². The fourth-order valence-corrected chi connectivity index (χ4v) is 1.69. The fraction of sp³-hybridized carbons (Fsp3) is 0.200. The average molecular weight is 273 g/mol. The van der Waals surface area contributed by atoms with Gasteiger partial charge in [-0.3, -0.25) is 9.78 Å². The van der Waals surface area contributed by atoms with Crippen molar-refractivity contribution >= 4 is 17.3 Å². The summed E-state index contributed by atoms with van der Waals surface area (Å²) in [5.41, 5.74) is 1.64. The first kappa shape index (κ1) is 14.0. The van der Waals surface area contributed by atoms with Crippen molar-refractivity contribution in [3.8, 4) is 0 Å². The van der Waals surface area contributed by atoms with Gasteiger partial charge in [0.05, 0.1) is 0 Å². The van der Waals surface area contributed by atoms with Crippen molar-refractivity contribution in [2.24, 2.45) is 0 Å². The summed E-state index contributed by atoms with van der Waals surface area (Å²) in [6.07, 6.45) is 2.41. The van der Waals surface area contributed by atoms with Crippen molar-refractivity contribution in [2.45, 2.75) is 13.3 Å². The molecule has 0 atom stereocenters. The molecule has 104 valence electrons. The van der Waals surface area contributed by atoms with Crippen LogP contribution in [-0.2, 0) is 0 Å². The zero-order chi connectivity index (χ0) is 14.4. The third-order valence-corrected chi connectivity index (χ3v) is 2.64. The summed E-state index contributed by atoms with van der Waals surface area (Å²) in [4.78, 5) is 15.8. The second kappa shape index (κ2) is 6.65. The number of benzene rings is 1. The first-order chi connectivity index (χ1) is 9.69. The van der Waals surface area contributed by atoms with Crippen molar-refractivity contribution in [3.63, 3.8) is 0 Å². The smallest absolute Gasteiger partial charge is 0.269 e. The number of carbonyl (C=O) groups excluding carboxylic acids is 1. The van der Waals surface area contributed by atoms with Crippen molar-refractivity contribution in [1.29, 1.82) is 0 Å². The van der Waals surface area contributed by atoms with Gasteiger partial charge in [-0.1, -0.05) is 13.0 Å². The Kier molecular flexibility index (Phi) is 4.65. The van der Waals surface area contributed by atoms with Crippen LogP contribution in [0.5, 0.6) is 0 Å². The van der Waals surface area contributed by atoms with Crippen LogP contribution >= 0.6 is 0 Å². The summed E-state index contributed by atoms with van der Waals surface area (Å²) in [5, 5.41) is 5.80. The van der Waals surface area contributed by atoms with Gasteiger partial charge in [-0.15, -0.1) is 0 Å². The lowest BCUT2D eigenvalue weighted by molar-refractivity contribution is 0.0949. The van der Waals surface area contributed by atoms with Crippen LogP contribution in [-0.4, -0.2) is 17.4 Å². The number of pyridine rings is 1. The molecule has 1 heterocycles. The zero-order valence-corrected chi connectivity index (χ0v) is 11.2. The van der Waals surface area contributed by atoms with Crippen LogP contribution in [0.4, 0.5) is 15.8 Å². The number of carbonyl (C=O) groups is 1. The molecule has 0 saturated heterocycles. The van der Waals surface area contributed by atoms with E-state index in [0.717, 1.165) is 6.42 Å². The molecule has 2 N–H and O–H groups in total. The molecule has 0 aliphatic rings. The predicted molar refractivity (Wildman–Crippen MR) is 76.5 cm³/mol. The highest BCUT2D eigenvalue weighted by Crippen LogP contribution is 2.17. The van der Waals surface area contributed by atoms with E-state index in [1.54, 1.807) is 30.5 Å². The Morgan fingerprint density at radius 2 is 2.05 bits per heavy atom. The SMILES string of the molecule is CCCNC(=O)c1cc(Nc2cccc(F)c2)ccn1. The summed E-state index contributed by atoms with van der Waals surface area (Å²) in [7, 11) is 0. The van der Waals surface area contributed by atoms with E-state index in [0.29, 0.717) is 23.6 Å². The van der Waals surface area contributed by atoms with E-state index in [2.05, 4.69) is 15.6 Å². The van der Waals surface area contributed by atoms with E-state index in [1.165, 1.54) is 12.1 Å². The Hall–Kier alpha value is -2.43. The van der Waals surface area contributed by atoms with Crippen LogP contribution in [0.3, 0.4) is 0 Å². The van der Waals surface area contributed by atoms with Gasteiger partial charge in [-0.05, 0) is 36.8 Å². The number of rotatable bonds is 5. The number of nitrogens with zero attached hydrogens (tertiary/aromatic N) is 1. The number of halogens is 1. The molecule has 0 fully saturated rings. The molecular weight excluding hydrogens is 257 g/mol. The van der Waals surface area contributed by atoms with Crippen LogP contribution in [0.15, 0.2) is 42.6 Å². The van der Waals surface area contributed by atoms with Gasteiger partial charge in [-0.2, -0.15) is 0 Å². The quantitative estimate of drug-likeness (QED) is 0.880. The third kappa shape index (κ3) is 3.78. The lowest BCUT2D eigenvalue weighted by Crippen LogP contribution is -2.24. The Balaban J connectivity index is 2.11. The molecule has 1 aromatic carbocycles. The Bertz CT molecular complexity index is 601. The van der Waals surface area contributed by atoms with Gasteiger partial charge >= 0.3 is 0 Å². The summed E-state index contributed by atoms with van der Waals surface area (Å²) in [6, 6.07) is 9.49. The van der Waals surface area contributed by atoms with E-state index >= 15 is 0 Å².